The second-order valence-corrected chi connectivity index (χ2v) is 5.23. The Bertz CT molecular complexity index is 1020. The number of carbonyl (C=O) groups is 1. The van der Waals surface area contributed by atoms with Crippen LogP contribution in [-0.4, -0.2) is 32.1 Å². The number of halogens is 2. The zero-order valence-electron chi connectivity index (χ0n) is 12.4. The van der Waals surface area contributed by atoms with Crippen molar-refractivity contribution in [1.82, 2.24) is 15.2 Å². The van der Waals surface area contributed by atoms with Gasteiger partial charge < -0.3 is 10.4 Å². The van der Waals surface area contributed by atoms with Crippen LogP contribution in [0.15, 0.2) is 41.7 Å². The first kappa shape index (κ1) is 14.9. The van der Waals surface area contributed by atoms with Gasteiger partial charge in [-0.15, -0.1) is 0 Å². The minimum atomic E-state index is -1.20. The maximum absolute atomic E-state index is 14.1. The van der Waals surface area contributed by atoms with Crippen molar-refractivity contribution >= 4 is 23.2 Å². The molecule has 0 radical (unpaired) electrons. The molecule has 1 aliphatic rings. The lowest BCUT2D eigenvalue weighted by Crippen LogP contribution is -2.17. The van der Waals surface area contributed by atoms with Gasteiger partial charge in [0.15, 0.2) is 0 Å². The molecule has 2 aromatic heterocycles. The number of carboxylic acids is 1. The van der Waals surface area contributed by atoms with Crippen molar-refractivity contribution in [3.8, 4) is 11.3 Å². The molecule has 3 N–H and O–H groups in total. The monoisotopic (exact) mass is 341 g/mol. The highest BCUT2D eigenvalue weighted by atomic mass is 19.1. The Morgan fingerprint density at radius 1 is 1.16 bits per heavy atom. The number of hydrogen-bond acceptors (Lipinski definition) is 5. The number of pyridine rings is 1. The summed E-state index contributed by atoms with van der Waals surface area (Å²) in [4.78, 5) is 19.2. The fourth-order valence-corrected chi connectivity index (χ4v) is 2.56. The minimum Gasteiger partial charge on any atom is -0.477 e. The maximum atomic E-state index is 14.1. The average Bonchev–Trinajstić information content (AvgIpc) is 2.97. The number of carboxylic acid groups (broad SMARTS) is 1. The summed E-state index contributed by atoms with van der Waals surface area (Å²) in [5, 5.41) is 18.5. The number of aromatic amines is 1. The Morgan fingerprint density at radius 2 is 1.92 bits per heavy atom. The van der Waals surface area contributed by atoms with Gasteiger partial charge in [-0.2, -0.15) is 5.10 Å². The highest BCUT2D eigenvalue weighted by Crippen LogP contribution is 2.37. The molecular formula is C16H9F2N5O2. The van der Waals surface area contributed by atoms with Crippen molar-refractivity contribution in [2.45, 2.75) is 0 Å². The number of fused-ring (bicyclic) bond motifs is 3. The minimum absolute atomic E-state index is 0.0677. The number of hydrogen-bond donors (Lipinski definition) is 3. The van der Waals surface area contributed by atoms with Gasteiger partial charge in [-0.3, -0.25) is 5.10 Å². The number of H-pyrrole nitrogens is 1. The number of amidine groups is 1. The Labute approximate surface area is 139 Å². The topological polar surface area (TPSA) is 103 Å². The predicted molar refractivity (Wildman–Crippen MR) is 85.0 cm³/mol. The van der Waals surface area contributed by atoms with Crippen LogP contribution in [0.5, 0.6) is 0 Å². The summed E-state index contributed by atoms with van der Waals surface area (Å²) in [7, 11) is 0. The van der Waals surface area contributed by atoms with Gasteiger partial charge in [0, 0.05) is 5.56 Å². The van der Waals surface area contributed by atoms with Gasteiger partial charge >= 0.3 is 5.97 Å². The zero-order valence-corrected chi connectivity index (χ0v) is 12.4. The third-order valence-electron chi connectivity index (χ3n) is 3.70. The van der Waals surface area contributed by atoms with E-state index in [1.54, 1.807) is 0 Å². The Kier molecular flexibility index (Phi) is 3.27. The van der Waals surface area contributed by atoms with Crippen molar-refractivity contribution in [3.63, 3.8) is 0 Å². The SMILES string of the molecule is O=C(O)c1cc2c(cn1)NC(c1c(F)cccc1F)=Nc1cn[nH]c1-2. The van der Waals surface area contributed by atoms with Gasteiger partial charge in [-0.25, -0.2) is 23.6 Å². The molecule has 0 saturated carbocycles. The predicted octanol–water partition coefficient (Wildman–Crippen LogP) is 2.95. The molecule has 0 unspecified atom stereocenters. The van der Waals surface area contributed by atoms with E-state index < -0.39 is 17.6 Å². The van der Waals surface area contributed by atoms with Crippen molar-refractivity contribution < 1.29 is 18.7 Å². The molecule has 0 amide bonds. The lowest BCUT2D eigenvalue weighted by atomic mass is 10.1. The van der Waals surface area contributed by atoms with E-state index in [2.05, 4.69) is 25.5 Å². The van der Waals surface area contributed by atoms with E-state index in [0.717, 1.165) is 12.1 Å². The second kappa shape index (κ2) is 5.48. The normalized spacial score (nSPS) is 12.5. The molecule has 0 atom stereocenters. The summed E-state index contributed by atoms with van der Waals surface area (Å²) >= 11 is 0. The van der Waals surface area contributed by atoms with Crippen LogP contribution in [0.3, 0.4) is 0 Å². The fourth-order valence-electron chi connectivity index (χ4n) is 2.56. The van der Waals surface area contributed by atoms with Crippen LogP contribution in [0.4, 0.5) is 20.2 Å². The van der Waals surface area contributed by atoms with E-state index in [1.807, 2.05) is 0 Å². The third kappa shape index (κ3) is 2.42. The first-order chi connectivity index (χ1) is 12.0. The van der Waals surface area contributed by atoms with Gasteiger partial charge in [0.05, 0.1) is 29.3 Å². The number of nitrogens with zero attached hydrogens (tertiary/aromatic N) is 3. The van der Waals surface area contributed by atoms with Crippen molar-refractivity contribution in [2.24, 2.45) is 4.99 Å². The lowest BCUT2D eigenvalue weighted by Gasteiger charge is -2.12. The molecule has 0 spiro atoms. The van der Waals surface area contributed by atoms with E-state index in [4.69, 9.17) is 5.11 Å². The van der Waals surface area contributed by atoms with Crippen LogP contribution >= 0.6 is 0 Å². The summed E-state index contributed by atoms with van der Waals surface area (Å²) in [5.41, 5.74) is 0.988. The van der Waals surface area contributed by atoms with Crippen LogP contribution < -0.4 is 5.32 Å². The second-order valence-electron chi connectivity index (χ2n) is 5.23. The molecule has 0 saturated heterocycles. The third-order valence-corrected chi connectivity index (χ3v) is 3.70. The summed E-state index contributed by atoms with van der Waals surface area (Å²) in [6.07, 6.45) is 2.65. The van der Waals surface area contributed by atoms with Crippen molar-refractivity contribution in [2.75, 3.05) is 5.32 Å². The molecule has 3 heterocycles. The lowest BCUT2D eigenvalue weighted by molar-refractivity contribution is 0.0690. The Morgan fingerprint density at radius 3 is 2.64 bits per heavy atom. The van der Waals surface area contributed by atoms with Gasteiger partial charge in [-0.05, 0) is 18.2 Å². The first-order valence-corrected chi connectivity index (χ1v) is 7.12. The quantitative estimate of drug-likeness (QED) is 0.665. The largest absolute Gasteiger partial charge is 0.477 e. The van der Waals surface area contributed by atoms with Crippen LogP contribution in [0.25, 0.3) is 11.3 Å². The number of aliphatic imine (C=N–C) groups is 1. The van der Waals surface area contributed by atoms with Crippen LogP contribution in [-0.2, 0) is 0 Å². The summed E-state index contributed by atoms with van der Waals surface area (Å²) in [5.74, 6) is -2.83. The van der Waals surface area contributed by atoms with Crippen LogP contribution in [0.1, 0.15) is 16.1 Å². The standard InChI is InChI=1S/C16H9F2N5O2/c17-8-2-1-3-9(18)13(8)15-21-11-5-19-10(16(24)25)4-7(11)14-12(22-15)6-20-23-14/h1-6H,(H,20,23)(H,21,22)(H,24,25). The number of aromatic carboxylic acids is 1. The van der Waals surface area contributed by atoms with E-state index in [1.165, 1.54) is 24.5 Å². The molecule has 0 bridgehead atoms. The number of rotatable bonds is 2. The highest BCUT2D eigenvalue weighted by Gasteiger charge is 2.24. The summed E-state index contributed by atoms with van der Waals surface area (Å²) < 4.78 is 28.3. The smallest absolute Gasteiger partial charge is 0.354 e. The van der Waals surface area contributed by atoms with Crippen molar-refractivity contribution in [1.29, 1.82) is 0 Å². The molecule has 9 heteroatoms. The molecule has 0 fully saturated rings. The van der Waals surface area contributed by atoms with Gasteiger partial charge in [0.25, 0.3) is 0 Å². The number of aromatic nitrogens is 3. The van der Waals surface area contributed by atoms with Gasteiger partial charge in [0.1, 0.15) is 28.9 Å². The fraction of sp³-hybridized carbons (Fsp3) is 0. The summed E-state index contributed by atoms with van der Waals surface area (Å²) in [6.45, 7) is 0. The van der Waals surface area contributed by atoms with Crippen LogP contribution in [0.2, 0.25) is 0 Å². The molecule has 4 rings (SSSR count). The van der Waals surface area contributed by atoms with E-state index in [0.29, 0.717) is 22.6 Å². The average molecular weight is 341 g/mol. The molecule has 124 valence electrons. The summed E-state index contributed by atoms with van der Waals surface area (Å²) in [6, 6.07) is 4.83. The first-order valence-electron chi connectivity index (χ1n) is 7.12. The molecule has 0 aliphatic carbocycles. The molecule has 25 heavy (non-hydrogen) atoms. The molecular weight excluding hydrogens is 332 g/mol. The van der Waals surface area contributed by atoms with E-state index in [9.17, 15) is 13.6 Å². The maximum Gasteiger partial charge on any atom is 0.354 e. The number of benzene rings is 1. The van der Waals surface area contributed by atoms with E-state index in [-0.39, 0.29) is 17.1 Å². The highest BCUT2D eigenvalue weighted by molar-refractivity contribution is 6.13. The number of nitrogens with one attached hydrogen (secondary N) is 2. The molecule has 1 aromatic carbocycles. The Hall–Kier alpha value is -3.62. The molecule has 3 aromatic rings. The number of anilines is 1. The molecule has 7 nitrogen and oxygen atoms in total. The van der Waals surface area contributed by atoms with Gasteiger partial charge in [0.2, 0.25) is 0 Å². The molecule has 1 aliphatic heterocycles. The van der Waals surface area contributed by atoms with Crippen LogP contribution in [0, 0.1) is 11.6 Å². The van der Waals surface area contributed by atoms with Gasteiger partial charge in [-0.1, -0.05) is 6.07 Å². The Balaban J connectivity index is 1.94. The zero-order chi connectivity index (χ0) is 17.6. The van der Waals surface area contributed by atoms with Crippen molar-refractivity contribution in [3.05, 3.63) is 59.6 Å². The van der Waals surface area contributed by atoms with E-state index >= 15 is 0 Å².